The van der Waals surface area contributed by atoms with E-state index in [1.807, 2.05) is 24.3 Å². The molecule has 0 amide bonds. The molecule has 31 heavy (non-hydrogen) atoms. The number of hydrogen-bond donors (Lipinski definition) is 2. The smallest absolute Gasteiger partial charge is 0.341 e. The van der Waals surface area contributed by atoms with Crippen molar-refractivity contribution >= 4 is 57.2 Å². The van der Waals surface area contributed by atoms with Gasteiger partial charge in [-0.1, -0.05) is 30.7 Å². The van der Waals surface area contributed by atoms with E-state index in [4.69, 9.17) is 28.6 Å². The maximum atomic E-state index is 12.4. The number of ether oxygens (including phenoxy) is 1. The molecule has 0 fully saturated rings. The van der Waals surface area contributed by atoms with Crippen LogP contribution in [0.2, 0.25) is 5.02 Å². The molecule has 162 valence electrons. The SMILES string of the molecule is COC(=O)c1c(NC(=S)Nc2ncn(Cc3ccc(Cl)cc3)n2)sc2c1CCC(C)C2. The maximum Gasteiger partial charge on any atom is 0.341 e. The van der Waals surface area contributed by atoms with Crippen molar-refractivity contribution in [1.29, 1.82) is 0 Å². The second-order valence-electron chi connectivity index (χ2n) is 7.52. The molecular weight excluding hydrogens is 454 g/mol. The van der Waals surface area contributed by atoms with Crippen LogP contribution in [0, 0.1) is 5.92 Å². The van der Waals surface area contributed by atoms with Gasteiger partial charge in [0.1, 0.15) is 11.3 Å². The fourth-order valence-corrected chi connectivity index (χ4v) is 5.38. The number of nitrogens with zero attached hydrogens (tertiary/aromatic N) is 3. The third kappa shape index (κ3) is 5.06. The van der Waals surface area contributed by atoms with Crippen LogP contribution < -0.4 is 10.6 Å². The quantitative estimate of drug-likeness (QED) is 0.406. The lowest BCUT2D eigenvalue weighted by Crippen LogP contribution is -2.21. The second-order valence-corrected chi connectivity index (χ2v) is 9.47. The van der Waals surface area contributed by atoms with Crippen molar-refractivity contribution in [1.82, 2.24) is 14.8 Å². The van der Waals surface area contributed by atoms with Crippen LogP contribution in [0.5, 0.6) is 0 Å². The van der Waals surface area contributed by atoms with Crippen molar-refractivity contribution in [3.05, 3.63) is 57.2 Å². The molecule has 2 heterocycles. The van der Waals surface area contributed by atoms with Gasteiger partial charge in [0.05, 0.1) is 19.2 Å². The number of methoxy groups -OCH3 is 1. The van der Waals surface area contributed by atoms with E-state index in [0.29, 0.717) is 39.1 Å². The van der Waals surface area contributed by atoms with Gasteiger partial charge in [0, 0.05) is 9.90 Å². The van der Waals surface area contributed by atoms with Crippen LogP contribution in [-0.4, -0.2) is 33.0 Å². The molecule has 2 aromatic heterocycles. The summed E-state index contributed by atoms with van der Waals surface area (Å²) in [5.41, 5.74) is 2.72. The maximum absolute atomic E-state index is 12.4. The zero-order valence-corrected chi connectivity index (χ0v) is 19.5. The number of rotatable bonds is 5. The standard InChI is InChI=1S/C21H22ClN5O2S2/c1-12-3-8-15-16(9-12)31-18(17(15)19(28)29-2)24-21(30)25-20-23-11-27(26-20)10-13-4-6-14(22)7-5-13/h4-7,11-12H,3,8-10H2,1-2H3,(H2,24,25,26,30). The Morgan fingerprint density at radius 2 is 2.13 bits per heavy atom. The van der Waals surface area contributed by atoms with Crippen LogP contribution in [0.25, 0.3) is 0 Å². The van der Waals surface area contributed by atoms with Crippen molar-refractivity contribution in [2.24, 2.45) is 5.92 Å². The molecule has 2 N–H and O–H groups in total. The Kier molecular flexibility index (Phi) is 6.54. The first kappa shape index (κ1) is 21.7. The van der Waals surface area contributed by atoms with Gasteiger partial charge in [-0.25, -0.2) is 14.5 Å². The number of carbonyl (C=O) groups excluding carboxylic acids is 1. The normalized spacial score (nSPS) is 15.3. The van der Waals surface area contributed by atoms with Crippen molar-refractivity contribution in [3.8, 4) is 0 Å². The molecule has 0 radical (unpaired) electrons. The van der Waals surface area contributed by atoms with Gasteiger partial charge in [0.2, 0.25) is 5.95 Å². The molecule has 0 saturated heterocycles. The van der Waals surface area contributed by atoms with E-state index in [0.717, 1.165) is 30.4 Å². The van der Waals surface area contributed by atoms with Crippen LogP contribution in [0.15, 0.2) is 30.6 Å². The molecule has 1 atom stereocenters. The minimum Gasteiger partial charge on any atom is -0.465 e. The summed E-state index contributed by atoms with van der Waals surface area (Å²) >= 11 is 12.9. The molecule has 1 unspecified atom stereocenters. The van der Waals surface area contributed by atoms with Crippen LogP contribution in [-0.2, 0) is 24.1 Å². The zero-order chi connectivity index (χ0) is 22.0. The van der Waals surface area contributed by atoms with E-state index >= 15 is 0 Å². The summed E-state index contributed by atoms with van der Waals surface area (Å²) in [5, 5.41) is 12.2. The molecular formula is C21H22ClN5O2S2. The average molecular weight is 476 g/mol. The zero-order valence-electron chi connectivity index (χ0n) is 17.1. The predicted octanol–water partition coefficient (Wildman–Crippen LogP) is 4.76. The number of halogens is 1. The summed E-state index contributed by atoms with van der Waals surface area (Å²) < 4.78 is 6.73. The number of carbonyl (C=O) groups is 1. The van der Waals surface area contributed by atoms with Crippen LogP contribution in [0.3, 0.4) is 0 Å². The molecule has 10 heteroatoms. The lowest BCUT2D eigenvalue weighted by atomic mass is 9.88. The molecule has 7 nitrogen and oxygen atoms in total. The number of hydrogen-bond acceptors (Lipinski definition) is 6. The number of fused-ring (bicyclic) bond motifs is 1. The van der Waals surface area contributed by atoms with Gasteiger partial charge in [-0.15, -0.1) is 16.4 Å². The number of thiophene rings is 1. The minimum atomic E-state index is -0.345. The first-order valence-electron chi connectivity index (χ1n) is 9.87. The summed E-state index contributed by atoms with van der Waals surface area (Å²) in [6.45, 7) is 2.79. The summed E-state index contributed by atoms with van der Waals surface area (Å²) in [6.07, 6.45) is 4.52. The van der Waals surface area contributed by atoms with E-state index in [-0.39, 0.29) is 5.97 Å². The van der Waals surface area contributed by atoms with Gasteiger partial charge in [-0.2, -0.15) is 0 Å². The number of thiocarbonyl (C=S) groups is 1. The van der Waals surface area contributed by atoms with Gasteiger partial charge >= 0.3 is 5.97 Å². The van der Waals surface area contributed by atoms with Gasteiger partial charge in [0.25, 0.3) is 0 Å². The number of nitrogens with one attached hydrogen (secondary N) is 2. The highest BCUT2D eigenvalue weighted by molar-refractivity contribution is 7.80. The highest BCUT2D eigenvalue weighted by atomic mass is 35.5. The Morgan fingerprint density at radius 1 is 1.35 bits per heavy atom. The molecule has 1 aromatic carbocycles. The first-order valence-corrected chi connectivity index (χ1v) is 11.5. The molecule has 4 rings (SSSR count). The van der Waals surface area contributed by atoms with Gasteiger partial charge in [-0.3, -0.25) is 5.32 Å². The number of anilines is 2. The average Bonchev–Trinajstić information content (AvgIpc) is 3.32. The molecule has 3 aromatic rings. The minimum absolute atomic E-state index is 0.320. The fourth-order valence-electron chi connectivity index (χ4n) is 3.60. The molecule has 0 aliphatic heterocycles. The molecule has 1 aliphatic carbocycles. The number of aromatic nitrogens is 3. The summed E-state index contributed by atoms with van der Waals surface area (Å²) in [6, 6.07) is 7.56. The first-order chi connectivity index (χ1) is 14.9. The third-order valence-electron chi connectivity index (χ3n) is 5.15. The van der Waals surface area contributed by atoms with E-state index < -0.39 is 0 Å². The van der Waals surface area contributed by atoms with E-state index in [9.17, 15) is 4.79 Å². The lowest BCUT2D eigenvalue weighted by molar-refractivity contribution is 0.0601. The Hall–Kier alpha value is -2.49. The van der Waals surface area contributed by atoms with Crippen LogP contribution in [0.4, 0.5) is 10.9 Å². The molecule has 0 spiro atoms. The van der Waals surface area contributed by atoms with Crippen LogP contribution >= 0.6 is 35.2 Å². The van der Waals surface area contributed by atoms with Gasteiger partial charge in [-0.05, 0) is 60.7 Å². The number of benzene rings is 1. The highest BCUT2D eigenvalue weighted by Gasteiger charge is 2.28. The lowest BCUT2D eigenvalue weighted by Gasteiger charge is -2.18. The molecule has 1 aliphatic rings. The summed E-state index contributed by atoms with van der Waals surface area (Å²) in [4.78, 5) is 17.9. The van der Waals surface area contributed by atoms with Gasteiger partial charge < -0.3 is 10.1 Å². The van der Waals surface area contributed by atoms with Crippen LogP contribution in [0.1, 0.15) is 39.7 Å². The van der Waals surface area contributed by atoms with Crippen molar-refractivity contribution in [2.45, 2.75) is 32.7 Å². The van der Waals surface area contributed by atoms with Crippen molar-refractivity contribution in [2.75, 3.05) is 17.7 Å². The van der Waals surface area contributed by atoms with E-state index in [2.05, 4.69) is 27.6 Å². The third-order valence-corrected chi connectivity index (χ3v) is 6.77. The Morgan fingerprint density at radius 3 is 2.87 bits per heavy atom. The van der Waals surface area contributed by atoms with Gasteiger partial charge in [0.15, 0.2) is 5.11 Å². The Bertz CT molecular complexity index is 1110. The topological polar surface area (TPSA) is 81.1 Å². The Labute approximate surface area is 194 Å². The highest BCUT2D eigenvalue weighted by Crippen LogP contribution is 2.40. The Balaban J connectivity index is 1.45. The van der Waals surface area contributed by atoms with Crippen molar-refractivity contribution < 1.29 is 9.53 Å². The second kappa shape index (κ2) is 9.33. The fraction of sp³-hybridized carbons (Fsp3) is 0.333. The summed E-state index contributed by atoms with van der Waals surface area (Å²) in [5.74, 6) is 0.632. The summed E-state index contributed by atoms with van der Waals surface area (Å²) in [7, 11) is 1.40. The number of esters is 1. The molecule has 0 bridgehead atoms. The van der Waals surface area contributed by atoms with E-state index in [1.54, 1.807) is 22.3 Å². The predicted molar refractivity (Wildman–Crippen MR) is 127 cm³/mol. The monoisotopic (exact) mass is 475 g/mol. The van der Waals surface area contributed by atoms with Crippen molar-refractivity contribution in [3.63, 3.8) is 0 Å². The largest absolute Gasteiger partial charge is 0.465 e. The molecule has 0 saturated carbocycles. The van der Waals surface area contributed by atoms with E-state index in [1.165, 1.54) is 12.0 Å².